The lowest BCUT2D eigenvalue weighted by Gasteiger charge is -2.32. The van der Waals surface area contributed by atoms with Crippen molar-refractivity contribution in [3.05, 3.63) is 16.7 Å². The van der Waals surface area contributed by atoms with Gasteiger partial charge < -0.3 is 28.2 Å². The maximum absolute atomic E-state index is 12.6. The Kier molecular flexibility index (Phi) is 10.6. The number of hydrogen-bond donors (Lipinski definition) is 3. The number of aromatic amines is 1. The molecule has 3 N–H and O–H groups in total. The fourth-order valence-electron chi connectivity index (χ4n) is 3.82. The zero-order chi connectivity index (χ0) is 30.5. The zero-order valence-electron chi connectivity index (χ0n) is 24.1. The van der Waals surface area contributed by atoms with E-state index in [1.165, 1.54) is 18.0 Å². The monoisotopic (exact) mass is 593 g/mol. The largest absolute Gasteiger partial charge is 0.387 e. The van der Waals surface area contributed by atoms with E-state index in [1.807, 2.05) is 0 Å². The van der Waals surface area contributed by atoms with Gasteiger partial charge >= 0.3 is 8.60 Å². The highest BCUT2D eigenvalue weighted by Gasteiger charge is 2.46. The smallest absolute Gasteiger partial charge is 0.333 e. The number of carbonyl (C=O) groups excluding carboxylic acids is 1. The van der Waals surface area contributed by atoms with Gasteiger partial charge in [-0.3, -0.25) is 24.5 Å². The molecule has 2 aromatic heterocycles. The summed E-state index contributed by atoms with van der Waals surface area (Å²) in [5, 5.41) is 31.9. The highest BCUT2D eigenvalue weighted by Crippen LogP contribution is 2.49. The number of amides is 1. The molecule has 1 saturated heterocycles. The molecule has 0 aromatic carbocycles. The number of fused-ring (bicyclic) bond motifs is 1. The molecule has 1 aliphatic heterocycles. The fraction of sp³-hybridized carbons (Fsp3) is 0.680. The van der Waals surface area contributed by atoms with E-state index < -0.39 is 49.9 Å². The lowest BCUT2D eigenvalue weighted by Crippen LogP contribution is -2.35. The third-order valence-electron chi connectivity index (χ3n) is 6.05. The molecule has 1 amide bonds. The summed E-state index contributed by atoms with van der Waals surface area (Å²) in [4.78, 5) is 35.8. The fourth-order valence-corrected chi connectivity index (χ4v) is 5.17. The van der Waals surface area contributed by atoms with Crippen LogP contribution in [0.5, 0.6) is 0 Å². The summed E-state index contributed by atoms with van der Waals surface area (Å²) < 4.78 is 30.9. The van der Waals surface area contributed by atoms with Crippen molar-refractivity contribution in [1.29, 1.82) is 10.5 Å². The van der Waals surface area contributed by atoms with Crippen LogP contribution in [0.1, 0.15) is 60.6 Å². The molecular weight excluding hydrogens is 557 g/mol. The lowest BCUT2D eigenvalue weighted by atomic mass is 10.1. The van der Waals surface area contributed by atoms with E-state index in [9.17, 15) is 14.7 Å². The van der Waals surface area contributed by atoms with Crippen LogP contribution >= 0.6 is 8.60 Å². The van der Waals surface area contributed by atoms with Crippen LogP contribution in [0.25, 0.3) is 11.2 Å². The van der Waals surface area contributed by atoms with Crippen molar-refractivity contribution in [2.45, 2.75) is 90.1 Å². The number of aliphatic hydroxyl groups is 1. The van der Waals surface area contributed by atoms with E-state index in [-0.39, 0.29) is 48.4 Å². The number of imidazole rings is 1. The van der Waals surface area contributed by atoms with Gasteiger partial charge in [0.05, 0.1) is 49.1 Å². The minimum absolute atomic E-state index is 0.00459. The van der Waals surface area contributed by atoms with E-state index in [4.69, 9.17) is 33.6 Å². The van der Waals surface area contributed by atoms with Crippen molar-refractivity contribution in [2.75, 3.05) is 19.0 Å². The topological polar surface area (TPSA) is 207 Å². The SMILES string of the molecule is CO[C@@H]1[C@H](O)[C@@H](COP(OC(C)(C)CC#N)OC(C)(C)CC#N)O[C@H]1n1cnc2c(=O)[nH]c(NC(=O)C(C)C)nc21. The Balaban J connectivity index is 1.84. The average Bonchev–Trinajstić information content (AvgIpc) is 3.42. The van der Waals surface area contributed by atoms with Gasteiger partial charge in [-0.2, -0.15) is 15.5 Å². The molecule has 224 valence electrons. The van der Waals surface area contributed by atoms with E-state index in [0.717, 1.165) is 0 Å². The highest BCUT2D eigenvalue weighted by atomic mass is 31.2. The van der Waals surface area contributed by atoms with Gasteiger partial charge in [-0.05, 0) is 27.7 Å². The van der Waals surface area contributed by atoms with Crippen LogP contribution in [0.15, 0.2) is 11.1 Å². The molecule has 1 fully saturated rings. The van der Waals surface area contributed by atoms with Crippen molar-refractivity contribution >= 4 is 31.6 Å². The van der Waals surface area contributed by atoms with Gasteiger partial charge in [0.1, 0.15) is 18.3 Å². The van der Waals surface area contributed by atoms with Crippen LogP contribution in [-0.4, -0.2) is 73.8 Å². The lowest BCUT2D eigenvalue weighted by molar-refractivity contribution is -0.118. The molecule has 41 heavy (non-hydrogen) atoms. The first-order valence-electron chi connectivity index (χ1n) is 12.9. The number of rotatable bonds is 13. The number of anilines is 1. The van der Waals surface area contributed by atoms with Gasteiger partial charge in [0.2, 0.25) is 11.9 Å². The molecule has 3 rings (SSSR count). The quantitative estimate of drug-likeness (QED) is 0.287. The average molecular weight is 594 g/mol. The Morgan fingerprint density at radius 2 is 1.85 bits per heavy atom. The number of ether oxygens (including phenoxy) is 2. The molecule has 15 nitrogen and oxygen atoms in total. The minimum atomic E-state index is -2.08. The van der Waals surface area contributed by atoms with Gasteiger partial charge in [0, 0.05) is 13.0 Å². The predicted molar refractivity (Wildman–Crippen MR) is 146 cm³/mol. The van der Waals surface area contributed by atoms with E-state index in [2.05, 4.69) is 32.4 Å². The van der Waals surface area contributed by atoms with Crippen molar-refractivity contribution in [2.24, 2.45) is 5.92 Å². The Morgan fingerprint density at radius 3 is 2.39 bits per heavy atom. The van der Waals surface area contributed by atoms with Crippen LogP contribution in [0.3, 0.4) is 0 Å². The van der Waals surface area contributed by atoms with E-state index in [0.29, 0.717) is 0 Å². The van der Waals surface area contributed by atoms with Gasteiger partial charge in [0.25, 0.3) is 5.56 Å². The normalized spacial score (nSPS) is 21.4. The second-order valence-electron chi connectivity index (χ2n) is 11.0. The minimum Gasteiger partial charge on any atom is -0.387 e. The third kappa shape index (κ3) is 8.05. The predicted octanol–water partition coefficient (Wildman–Crippen LogP) is 2.65. The summed E-state index contributed by atoms with van der Waals surface area (Å²) in [5.41, 5.74) is -2.27. The molecule has 4 atom stereocenters. The number of hydrogen-bond acceptors (Lipinski definition) is 12. The second-order valence-corrected chi connectivity index (χ2v) is 12.1. The van der Waals surface area contributed by atoms with E-state index in [1.54, 1.807) is 41.5 Å². The molecule has 3 heterocycles. The molecule has 0 radical (unpaired) electrons. The van der Waals surface area contributed by atoms with Crippen LogP contribution < -0.4 is 10.9 Å². The number of aliphatic hydroxyl groups excluding tert-OH is 1. The van der Waals surface area contributed by atoms with Gasteiger partial charge in [-0.15, -0.1) is 0 Å². The summed E-state index contributed by atoms with van der Waals surface area (Å²) in [6, 6.07) is 4.11. The van der Waals surface area contributed by atoms with Crippen LogP contribution in [0.4, 0.5) is 5.95 Å². The van der Waals surface area contributed by atoms with Gasteiger partial charge in [-0.1, -0.05) is 13.8 Å². The number of nitrogens with zero attached hydrogens (tertiary/aromatic N) is 5. The molecule has 0 aliphatic carbocycles. The number of nitriles is 2. The van der Waals surface area contributed by atoms with Gasteiger partial charge in [0.15, 0.2) is 17.4 Å². The number of H-pyrrole nitrogens is 1. The van der Waals surface area contributed by atoms with Crippen molar-refractivity contribution < 1.29 is 32.9 Å². The summed E-state index contributed by atoms with van der Waals surface area (Å²) in [7, 11) is -0.677. The Bertz CT molecular complexity index is 1330. The second kappa shape index (κ2) is 13.3. The number of methoxy groups -OCH3 is 1. The summed E-state index contributed by atoms with van der Waals surface area (Å²) >= 11 is 0. The van der Waals surface area contributed by atoms with Crippen LogP contribution in [-0.2, 0) is 27.8 Å². The molecule has 2 aromatic rings. The summed E-state index contributed by atoms with van der Waals surface area (Å²) in [5.74, 6) is -0.743. The molecular formula is C25H36N7O8P. The first-order chi connectivity index (χ1) is 19.2. The standard InChI is InChI=1S/C25H36N7O8P/c1-14(2)20(34)30-23-29-19-16(21(35)31-23)28-13-32(19)22-18(36-7)17(33)15(38-22)12-37-41(39-24(3,4)8-10-26)40-25(5,6)9-11-27/h13-15,17-18,22,33H,8-9,12H2,1-7H3,(H2,29,30,31,34,35)/t15-,17-,18-,22-/m1/s1. The Labute approximate surface area is 238 Å². The van der Waals surface area contributed by atoms with Crippen LogP contribution in [0, 0.1) is 28.6 Å². The van der Waals surface area contributed by atoms with E-state index >= 15 is 0 Å². The summed E-state index contributed by atoms with van der Waals surface area (Å²) in [6.45, 7) is 10.1. The van der Waals surface area contributed by atoms with Crippen molar-refractivity contribution in [1.82, 2.24) is 19.5 Å². The molecule has 0 bridgehead atoms. The maximum atomic E-state index is 12.6. The Hall–Kier alpha value is -3.01. The first-order valence-corrected chi connectivity index (χ1v) is 14.0. The molecule has 0 spiro atoms. The molecule has 1 aliphatic rings. The van der Waals surface area contributed by atoms with Gasteiger partial charge in [-0.25, -0.2) is 4.98 Å². The number of aromatic nitrogens is 4. The first kappa shape index (κ1) is 32.5. The zero-order valence-corrected chi connectivity index (χ0v) is 25.0. The number of nitrogens with one attached hydrogen (secondary N) is 2. The highest BCUT2D eigenvalue weighted by molar-refractivity contribution is 7.41. The summed E-state index contributed by atoms with van der Waals surface area (Å²) in [6.07, 6.45) is -2.52. The number of carbonyl (C=O) groups is 1. The van der Waals surface area contributed by atoms with Crippen molar-refractivity contribution in [3.63, 3.8) is 0 Å². The third-order valence-corrected chi connectivity index (χ3v) is 7.70. The molecule has 16 heteroatoms. The molecule has 0 saturated carbocycles. The Morgan fingerprint density at radius 1 is 1.24 bits per heavy atom. The van der Waals surface area contributed by atoms with Crippen molar-refractivity contribution in [3.8, 4) is 12.1 Å². The molecule has 0 unspecified atom stereocenters. The van der Waals surface area contributed by atoms with Crippen LogP contribution in [0.2, 0.25) is 0 Å². The maximum Gasteiger partial charge on any atom is 0.333 e.